The lowest BCUT2D eigenvalue weighted by Gasteiger charge is -2.14. The van der Waals surface area contributed by atoms with Gasteiger partial charge in [-0.2, -0.15) is 5.10 Å². The van der Waals surface area contributed by atoms with E-state index in [1.54, 1.807) is 32.4 Å². The Hall–Kier alpha value is -1.88. The highest BCUT2D eigenvalue weighted by Gasteiger charge is 2.09. The summed E-state index contributed by atoms with van der Waals surface area (Å²) >= 11 is 0. The summed E-state index contributed by atoms with van der Waals surface area (Å²) in [7, 11) is 1.66. The number of hydrogen-bond donors (Lipinski definition) is 1. The normalized spacial score (nSPS) is 12.4. The molecule has 1 N–H and O–H groups in total. The molecule has 0 aliphatic heterocycles. The van der Waals surface area contributed by atoms with E-state index in [4.69, 9.17) is 4.74 Å². The van der Waals surface area contributed by atoms with Gasteiger partial charge in [-0.3, -0.25) is 4.68 Å². The van der Waals surface area contributed by atoms with Crippen LogP contribution in [0.4, 0.5) is 10.1 Å². The van der Waals surface area contributed by atoms with Gasteiger partial charge in [0.25, 0.3) is 0 Å². The smallest absolute Gasteiger partial charge is 0.126 e. The van der Waals surface area contributed by atoms with Crippen LogP contribution >= 0.6 is 0 Å². The molecule has 0 fully saturated rings. The van der Waals surface area contributed by atoms with E-state index >= 15 is 0 Å². The van der Waals surface area contributed by atoms with E-state index in [-0.39, 0.29) is 11.9 Å². The summed E-state index contributed by atoms with van der Waals surface area (Å²) in [5.41, 5.74) is 2.49. The van der Waals surface area contributed by atoms with Crippen molar-refractivity contribution in [1.29, 1.82) is 0 Å². The molecule has 0 amide bonds. The highest BCUT2D eigenvalue weighted by Crippen LogP contribution is 2.20. The van der Waals surface area contributed by atoms with Crippen LogP contribution in [0.5, 0.6) is 0 Å². The van der Waals surface area contributed by atoms with Gasteiger partial charge in [-0.25, -0.2) is 4.39 Å². The van der Waals surface area contributed by atoms with Crippen molar-refractivity contribution in [3.05, 3.63) is 47.5 Å². The van der Waals surface area contributed by atoms with Crippen LogP contribution in [0, 0.1) is 12.7 Å². The molecule has 0 bridgehead atoms. The molecule has 0 spiro atoms. The molecule has 0 saturated heterocycles. The van der Waals surface area contributed by atoms with Gasteiger partial charge in [0.05, 0.1) is 25.0 Å². The monoisotopic (exact) mass is 277 g/mol. The first-order valence-electron chi connectivity index (χ1n) is 6.64. The van der Waals surface area contributed by atoms with Crippen LogP contribution < -0.4 is 5.32 Å². The zero-order valence-corrected chi connectivity index (χ0v) is 12.1. The van der Waals surface area contributed by atoms with E-state index in [1.807, 2.05) is 23.9 Å². The van der Waals surface area contributed by atoms with E-state index in [1.165, 1.54) is 0 Å². The zero-order valence-electron chi connectivity index (χ0n) is 12.1. The van der Waals surface area contributed by atoms with Gasteiger partial charge in [0.2, 0.25) is 0 Å². The lowest BCUT2D eigenvalue weighted by Crippen LogP contribution is -2.07. The number of nitrogens with zero attached hydrogens (tertiary/aromatic N) is 2. The molecule has 108 valence electrons. The number of halogens is 1. The second-order valence-corrected chi connectivity index (χ2v) is 4.86. The van der Waals surface area contributed by atoms with Crippen LogP contribution in [-0.4, -0.2) is 23.5 Å². The molecular weight excluding hydrogens is 257 g/mol. The minimum Gasteiger partial charge on any atom is -0.383 e. The molecule has 4 nitrogen and oxygen atoms in total. The van der Waals surface area contributed by atoms with E-state index in [9.17, 15) is 4.39 Å². The number of nitrogens with one attached hydrogen (secondary N) is 1. The predicted octanol–water partition coefficient (Wildman–Crippen LogP) is 3.15. The van der Waals surface area contributed by atoms with Crippen molar-refractivity contribution < 1.29 is 9.13 Å². The van der Waals surface area contributed by atoms with E-state index < -0.39 is 0 Å². The first-order valence-corrected chi connectivity index (χ1v) is 6.64. The molecule has 20 heavy (non-hydrogen) atoms. The average molecular weight is 277 g/mol. The summed E-state index contributed by atoms with van der Waals surface area (Å²) < 4.78 is 20.4. The number of hydrogen-bond acceptors (Lipinski definition) is 3. The van der Waals surface area contributed by atoms with Gasteiger partial charge in [0, 0.05) is 19.3 Å². The fraction of sp³-hybridized carbons (Fsp3) is 0.400. The number of anilines is 1. The largest absolute Gasteiger partial charge is 0.383 e. The van der Waals surface area contributed by atoms with Gasteiger partial charge in [0.15, 0.2) is 0 Å². The second-order valence-electron chi connectivity index (χ2n) is 4.86. The zero-order chi connectivity index (χ0) is 14.5. The van der Waals surface area contributed by atoms with E-state index in [2.05, 4.69) is 10.4 Å². The summed E-state index contributed by atoms with van der Waals surface area (Å²) in [5, 5.41) is 7.54. The molecule has 0 aliphatic rings. The van der Waals surface area contributed by atoms with Crippen molar-refractivity contribution in [3.63, 3.8) is 0 Å². The average Bonchev–Trinajstić information content (AvgIpc) is 2.87. The molecule has 1 heterocycles. The maximum Gasteiger partial charge on any atom is 0.126 e. The molecule has 1 aromatic heterocycles. The summed E-state index contributed by atoms with van der Waals surface area (Å²) in [5.74, 6) is -0.174. The maximum atomic E-state index is 13.6. The summed E-state index contributed by atoms with van der Waals surface area (Å²) in [6, 6.07) is 5.32. The molecule has 1 atom stereocenters. The standard InChI is InChI=1S/C15H20FN3O/c1-11-4-5-13(8-15(11)16)12(2)18-14-9-17-19(10-14)6-7-20-3/h4-5,8-10,12,18H,6-7H2,1-3H3. The molecule has 2 rings (SSSR count). The number of methoxy groups -OCH3 is 1. The quantitative estimate of drug-likeness (QED) is 0.881. The van der Waals surface area contributed by atoms with Crippen LogP contribution in [-0.2, 0) is 11.3 Å². The van der Waals surface area contributed by atoms with Gasteiger partial charge in [-0.1, -0.05) is 12.1 Å². The van der Waals surface area contributed by atoms with Crippen molar-refractivity contribution in [2.45, 2.75) is 26.4 Å². The lowest BCUT2D eigenvalue weighted by atomic mass is 10.1. The highest BCUT2D eigenvalue weighted by molar-refractivity contribution is 5.41. The van der Waals surface area contributed by atoms with Crippen molar-refractivity contribution in [2.75, 3.05) is 19.0 Å². The Labute approximate surface area is 118 Å². The lowest BCUT2D eigenvalue weighted by molar-refractivity contribution is 0.183. The molecular formula is C15H20FN3O. The maximum absolute atomic E-state index is 13.6. The Morgan fingerprint density at radius 3 is 2.95 bits per heavy atom. The summed E-state index contributed by atoms with van der Waals surface area (Å²) in [4.78, 5) is 0. The van der Waals surface area contributed by atoms with E-state index in [0.717, 1.165) is 11.3 Å². The Kier molecular flexibility index (Phi) is 4.74. The number of ether oxygens (including phenoxy) is 1. The molecule has 0 aliphatic carbocycles. The number of rotatable bonds is 6. The highest BCUT2D eigenvalue weighted by atomic mass is 19.1. The minimum absolute atomic E-state index is 0.0187. The molecule has 0 radical (unpaired) electrons. The van der Waals surface area contributed by atoms with Crippen molar-refractivity contribution in [1.82, 2.24) is 9.78 Å². The Morgan fingerprint density at radius 2 is 2.25 bits per heavy atom. The van der Waals surface area contributed by atoms with Gasteiger partial charge in [-0.05, 0) is 31.0 Å². The fourth-order valence-electron chi connectivity index (χ4n) is 1.96. The van der Waals surface area contributed by atoms with Gasteiger partial charge >= 0.3 is 0 Å². The van der Waals surface area contributed by atoms with Crippen LogP contribution in [0.2, 0.25) is 0 Å². The first kappa shape index (κ1) is 14.5. The SMILES string of the molecule is COCCn1cc(NC(C)c2ccc(C)c(F)c2)cn1. The van der Waals surface area contributed by atoms with Crippen LogP contribution in [0.3, 0.4) is 0 Å². The van der Waals surface area contributed by atoms with Crippen molar-refractivity contribution in [3.8, 4) is 0 Å². The number of aromatic nitrogens is 2. The summed E-state index contributed by atoms with van der Waals surface area (Å²) in [6.45, 7) is 5.10. The van der Waals surface area contributed by atoms with Crippen LogP contribution in [0.25, 0.3) is 0 Å². The third-order valence-electron chi connectivity index (χ3n) is 3.24. The van der Waals surface area contributed by atoms with Crippen molar-refractivity contribution >= 4 is 5.69 Å². The Bertz CT molecular complexity index is 568. The third-order valence-corrected chi connectivity index (χ3v) is 3.24. The van der Waals surface area contributed by atoms with E-state index in [0.29, 0.717) is 18.7 Å². The molecule has 1 unspecified atom stereocenters. The third kappa shape index (κ3) is 3.57. The van der Waals surface area contributed by atoms with Gasteiger partial charge < -0.3 is 10.1 Å². The van der Waals surface area contributed by atoms with Crippen LogP contribution in [0.15, 0.2) is 30.6 Å². The Balaban J connectivity index is 2.01. The first-order chi connectivity index (χ1) is 9.60. The number of benzene rings is 1. The van der Waals surface area contributed by atoms with Crippen LogP contribution in [0.1, 0.15) is 24.1 Å². The van der Waals surface area contributed by atoms with Crippen molar-refractivity contribution in [2.24, 2.45) is 0 Å². The molecule has 1 aromatic carbocycles. The fourth-order valence-corrected chi connectivity index (χ4v) is 1.96. The molecule has 0 saturated carbocycles. The molecule has 5 heteroatoms. The number of aryl methyl sites for hydroxylation is 1. The van der Waals surface area contributed by atoms with Gasteiger partial charge in [0.1, 0.15) is 5.82 Å². The predicted molar refractivity (Wildman–Crippen MR) is 77.3 cm³/mol. The minimum atomic E-state index is -0.174. The Morgan fingerprint density at radius 1 is 1.45 bits per heavy atom. The van der Waals surface area contributed by atoms with Gasteiger partial charge in [-0.15, -0.1) is 0 Å². The second kappa shape index (κ2) is 6.52. The summed E-state index contributed by atoms with van der Waals surface area (Å²) in [6.07, 6.45) is 3.68. The topological polar surface area (TPSA) is 39.1 Å². The molecule has 2 aromatic rings.